The van der Waals surface area contributed by atoms with Crippen LogP contribution in [0.1, 0.15) is 56.4 Å². The topological polar surface area (TPSA) is 75.5 Å². The molecule has 1 atom stereocenters. The van der Waals surface area contributed by atoms with Crippen LogP contribution in [0.15, 0.2) is 36.7 Å². The van der Waals surface area contributed by atoms with E-state index in [1.807, 2.05) is 0 Å². The van der Waals surface area contributed by atoms with E-state index in [1.54, 1.807) is 6.33 Å². The Kier molecular flexibility index (Phi) is 4.18. The Morgan fingerprint density at radius 1 is 1.14 bits per heavy atom. The zero-order chi connectivity index (χ0) is 19.1. The molecule has 0 spiro atoms. The predicted molar refractivity (Wildman–Crippen MR) is 107 cm³/mol. The molecule has 3 heterocycles. The number of hydrogen-bond acceptors (Lipinski definition) is 5. The summed E-state index contributed by atoms with van der Waals surface area (Å²) in [5.74, 6) is 3.54. The van der Waals surface area contributed by atoms with E-state index in [9.17, 15) is 0 Å². The average molecular weight is 377 g/mol. The highest BCUT2D eigenvalue weighted by atomic mass is 15.4. The molecule has 7 heteroatoms. The summed E-state index contributed by atoms with van der Waals surface area (Å²) in [6.45, 7) is 6.67. The van der Waals surface area contributed by atoms with E-state index in [0.29, 0.717) is 12.5 Å². The van der Waals surface area contributed by atoms with E-state index >= 15 is 0 Å². The second kappa shape index (κ2) is 6.72. The Labute approximate surface area is 165 Å². The lowest BCUT2D eigenvalue weighted by atomic mass is 9.89. The van der Waals surface area contributed by atoms with E-state index < -0.39 is 0 Å². The summed E-state index contributed by atoms with van der Waals surface area (Å²) in [4.78, 5) is 6.75. The molecule has 2 aromatic heterocycles. The van der Waals surface area contributed by atoms with E-state index in [2.05, 4.69) is 79.0 Å². The maximum atomic E-state index is 4.68. The Morgan fingerprint density at radius 2 is 1.96 bits per heavy atom. The monoisotopic (exact) mass is 377 g/mol. The number of nitrogens with zero attached hydrogens (tertiary/aromatic N) is 6. The van der Waals surface area contributed by atoms with Crippen LogP contribution in [0.3, 0.4) is 0 Å². The van der Waals surface area contributed by atoms with Crippen molar-refractivity contribution in [1.82, 2.24) is 29.9 Å². The summed E-state index contributed by atoms with van der Waals surface area (Å²) in [7, 11) is 0. The minimum Gasteiger partial charge on any atom is -0.333 e. The van der Waals surface area contributed by atoms with Gasteiger partial charge in [0.1, 0.15) is 18.0 Å². The van der Waals surface area contributed by atoms with Gasteiger partial charge in [-0.1, -0.05) is 44.2 Å². The van der Waals surface area contributed by atoms with E-state index in [4.69, 9.17) is 0 Å². The van der Waals surface area contributed by atoms with E-state index in [-0.39, 0.29) is 5.41 Å². The van der Waals surface area contributed by atoms with Crippen LogP contribution in [0.5, 0.6) is 0 Å². The van der Waals surface area contributed by atoms with Crippen molar-refractivity contribution < 1.29 is 0 Å². The molecule has 28 heavy (non-hydrogen) atoms. The fourth-order valence-electron chi connectivity index (χ4n) is 4.33. The Hall–Kier alpha value is -2.70. The Morgan fingerprint density at radius 3 is 2.68 bits per heavy atom. The normalized spacial score (nSPS) is 21.4. The summed E-state index contributed by atoms with van der Waals surface area (Å²) < 4.78 is 2.33. The SMILES string of the molecule is CC1(C)CC(c2ccccc2)N(c2nnc(Cc3ncn[nH]3)n2CC2CC2)C1. The zero-order valence-corrected chi connectivity index (χ0v) is 16.5. The molecule has 7 nitrogen and oxygen atoms in total. The van der Waals surface area contributed by atoms with E-state index in [0.717, 1.165) is 43.0 Å². The fourth-order valence-corrected chi connectivity index (χ4v) is 4.33. The molecule has 5 rings (SSSR count). The largest absolute Gasteiger partial charge is 0.333 e. The first-order chi connectivity index (χ1) is 13.6. The quantitative estimate of drug-likeness (QED) is 0.713. The summed E-state index contributed by atoms with van der Waals surface area (Å²) in [5, 5.41) is 16.2. The molecule has 1 saturated heterocycles. The van der Waals surface area contributed by atoms with Crippen LogP contribution >= 0.6 is 0 Å². The number of aromatic amines is 1. The average Bonchev–Trinajstić information content (AvgIpc) is 3.06. The standard InChI is InChI=1S/C21H27N7/c1-21(2)11-17(16-6-4-3-5-7-16)28(13-21)20-26-25-19(10-18-22-14-23-24-18)27(20)12-15-8-9-15/h3-7,14-15,17H,8-13H2,1-2H3,(H,22,23,24). The molecule has 0 bridgehead atoms. The highest BCUT2D eigenvalue weighted by Gasteiger charge is 2.41. The van der Waals surface area contributed by atoms with Crippen molar-refractivity contribution in [2.24, 2.45) is 11.3 Å². The predicted octanol–water partition coefficient (Wildman–Crippen LogP) is 3.37. The van der Waals surface area contributed by atoms with Gasteiger partial charge in [0, 0.05) is 13.1 Å². The molecule has 1 saturated carbocycles. The number of hydrogen-bond donors (Lipinski definition) is 1. The van der Waals surface area contributed by atoms with E-state index in [1.165, 1.54) is 18.4 Å². The summed E-state index contributed by atoms with van der Waals surface area (Å²) in [6, 6.07) is 11.1. The Bertz CT molecular complexity index is 925. The first-order valence-corrected chi connectivity index (χ1v) is 10.2. The lowest BCUT2D eigenvalue weighted by Gasteiger charge is -2.27. The third-order valence-electron chi connectivity index (χ3n) is 5.90. The van der Waals surface area contributed by atoms with Gasteiger partial charge >= 0.3 is 0 Å². The second-order valence-electron chi connectivity index (χ2n) is 9.00. The van der Waals surface area contributed by atoms with Crippen LogP contribution in [-0.4, -0.2) is 36.5 Å². The number of rotatable bonds is 6. The highest BCUT2D eigenvalue weighted by Crippen LogP contribution is 2.45. The molecular weight excluding hydrogens is 350 g/mol. The van der Waals surface area contributed by atoms with Gasteiger partial charge in [-0.2, -0.15) is 5.10 Å². The van der Waals surface area contributed by atoms with Crippen molar-refractivity contribution in [2.75, 3.05) is 11.4 Å². The summed E-state index contributed by atoms with van der Waals surface area (Å²) >= 11 is 0. The van der Waals surface area contributed by atoms with Crippen molar-refractivity contribution in [3.63, 3.8) is 0 Å². The molecule has 1 N–H and O–H groups in total. The summed E-state index contributed by atoms with van der Waals surface area (Å²) in [6.07, 6.45) is 5.89. The van der Waals surface area contributed by atoms with Crippen LogP contribution in [0.25, 0.3) is 0 Å². The molecule has 1 aliphatic heterocycles. The second-order valence-corrected chi connectivity index (χ2v) is 9.00. The lowest BCUT2D eigenvalue weighted by molar-refractivity contribution is 0.404. The zero-order valence-electron chi connectivity index (χ0n) is 16.5. The van der Waals surface area contributed by atoms with Gasteiger partial charge in [0.2, 0.25) is 5.95 Å². The number of nitrogens with one attached hydrogen (secondary N) is 1. The highest BCUT2D eigenvalue weighted by molar-refractivity contribution is 5.41. The van der Waals surface area contributed by atoms with Crippen LogP contribution in [0, 0.1) is 11.3 Å². The summed E-state index contributed by atoms with van der Waals surface area (Å²) in [5.41, 5.74) is 1.59. The number of H-pyrrole nitrogens is 1. The molecular formula is C21H27N7. The molecule has 146 valence electrons. The molecule has 2 aliphatic rings. The third-order valence-corrected chi connectivity index (χ3v) is 5.90. The van der Waals surface area contributed by atoms with Crippen molar-refractivity contribution in [3.05, 3.63) is 53.9 Å². The maximum absolute atomic E-state index is 4.68. The molecule has 2 fully saturated rings. The Balaban J connectivity index is 1.52. The van der Waals surface area contributed by atoms with Crippen molar-refractivity contribution in [2.45, 2.75) is 52.1 Å². The van der Waals surface area contributed by atoms with Crippen LogP contribution in [0.2, 0.25) is 0 Å². The molecule has 1 aromatic carbocycles. The number of anilines is 1. The van der Waals surface area contributed by atoms with Crippen molar-refractivity contribution in [1.29, 1.82) is 0 Å². The van der Waals surface area contributed by atoms with Crippen LogP contribution in [-0.2, 0) is 13.0 Å². The first kappa shape index (κ1) is 17.4. The van der Waals surface area contributed by atoms with Gasteiger partial charge in [-0.15, -0.1) is 10.2 Å². The maximum Gasteiger partial charge on any atom is 0.227 e. The molecule has 1 unspecified atom stereocenters. The van der Waals surface area contributed by atoms with Gasteiger partial charge in [-0.25, -0.2) is 4.98 Å². The smallest absolute Gasteiger partial charge is 0.227 e. The van der Waals surface area contributed by atoms with Gasteiger partial charge < -0.3 is 4.90 Å². The van der Waals surface area contributed by atoms with Crippen LogP contribution in [0.4, 0.5) is 5.95 Å². The van der Waals surface area contributed by atoms with Gasteiger partial charge in [0.25, 0.3) is 0 Å². The third kappa shape index (κ3) is 3.41. The van der Waals surface area contributed by atoms with Gasteiger partial charge in [-0.3, -0.25) is 9.67 Å². The molecule has 0 radical (unpaired) electrons. The minimum atomic E-state index is 0.238. The van der Waals surface area contributed by atoms with Gasteiger partial charge in [0.05, 0.1) is 12.5 Å². The van der Waals surface area contributed by atoms with Crippen molar-refractivity contribution >= 4 is 5.95 Å². The first-order valence-electron chi connectivity index (χ1n) is 10.2. The molecule has 0 amide bonds. The van der Waals surface area contributed by atoms with Gasteiger partial charge in [-0.05, 0) is 36.2 Å². The minimum absolute atomic E-state index is 0.238. The number of aromatic nitrogens is 6. The molecule has 1 aliphatic carbocycles. The lowest BCUT2D eigenvalue weighted by Crippen LogP contribution is -2.28. The fraction of sp³-hybridized carbons (Fsp3) is 0.524. The van der Waals surface area contributed by atoms with Crippen LogP contribution < -0.4 is 4.90 Å². The van der Waals surface area contributed by atoms with Crippen molar-refractivity contribution in [3.8, 4) is 0 Å². The molecule has 3 aromatic rings. The number of benzene rings is 1. The van der Waals surface area contributed by atoms with Gasteiger partial charge in [0.15, 0.2) is 0 Å².